The molecule has 30 heavy (non-hydrogen) atoms. The lowest BCUT2D eigenvalue weighted by Crippen LogP contribution is -2.24. The highest BCUT2D eigenvalue weighted by molar-refractivity contribution is 8.00. The number of carbonyl (C=O) groups is 1. The minimum atomic E-state index is -0.498. The molecule has 3 aromatic rings. The number of benzene rings is 2. The second kappa shape index (κ2) is 8.72. The number of non-ortho nitro benzene ring substituents is 1. The van der Waals surface area contributed by atoms with Gasteiger partial charge in [0.2, 0.25) is 5.91 Å². The molecule has 1 aliphatic heterocycles. The number of nitrogens with zero attached hydrogens (tertiary/aromatic N) is 3. The Morgan fingerprint density at radius 3 is 2.63 bits per heavy atom. The fraction of sp³-hybridized carbons (Fsp3) is 0.150. The van der Waals surface area contributed by atoms with E-state index >= 15 is 0 Å². The third kappa shape index (κ3) is 4.24. The first kappa shape index (κ1) is 20.2. The van der Waals surface area contributed by atoms with E-state index in [2.05, 4.69) is 10.3 Å². The van der Waals surface area contributed by atoms with Crippen molar-refractivity contribution in [3.8, 4) is 5.69 Å². The van der Waals surface area contributed by atoms with Crippen LogP contribution in [0.5, 0.6) is 0 Å². The highest BCUT2D eigenvalue weighted by Crippen LogP contribution is 2.30. The van der Waals surface area contributed by atoms with Gasteiger partial charge in [0, 0.05) is 30.0 Å². The molecule has 10 heteroatoms. The maximum Gasteiger partial charge on any atom is 0.272 e. The Bertz CT molecular complexity index is 1160. The van der Waals surface area contributed by atoms with Gasteiger partial charge in [-0.3, -0.25) is 24.3 Å². The van der Waals surface area contributed by atoms with Crippen LogP contribution in [0.4, 0.5) is 11.4 Å². The van der Waals surface area contributed by atoms with Crippen molar-refractivity contribution < 1.29 is 9.72 Å². The largest absolute Gasteiger partial charge is 0.325 e. The van der Waals surface area contributed by atoms with Gasteiger partial charge in [-0.2, -0.15) is 0 Å². The molecule has 0 saturated heterocycles. The van der Waals surface area contributed by atoms with E-state index in [1.807, 2.05) is 30.3 Å². The summed E-state index contributed by atoms with van der Waals surface area (Å²) < 4.78 is 1.54. The molecule has 0 radical (unpaired) electrons. The number of hydrogen-bond donors (Lipinski definition) is 1. The van der Waals surface area contributed by atoms with Crippen LogP contribution in [-0.2, 0) is 11.2 Å². The Labute approximate surface area is 179 Å². The molecule has 0 bridgehead atoms. The molecule has 0 atom stereocenters. The van der Waals surface area contributed by atoms with Crippen molar-refractivity contribution in [3.63, 3.8) is 0 Å². The second-order valence-electron chi connectivity index (χ2n) is 6.39. The van der Waals surface area contributed by atoms with E-state index in [1.54, 1.807) is 4.57 Å². The number of nitrogens with one attached hydrogen (secondary N) is 1. The minimum absolute atomic E-state index is 0.0438. The number of thioether (sulfide) groups is 2. The topological polar surface area (TPSA) is 107 Å². The van der Waals surface area contributed by atoms with Crippen molar-refractivity contribution in [1.82, 2.24) is 9.55 Å². The maximum atomic E-state index is 13.0. The van der Waals surface area contributed by atoms with E-state index in [1.165, 1.54) is 47.8 Å². The fourth-order valence-corrected chi connectivity index (χ4v) is 4.84. The van der Waals surface area contributed by atoms with Gasteiger partial charge < -0.3 is 5.32 Å². The predicted molar refractivity (Wildman–Crippen MR) is 117 cm³/mol. The number of nitro groups is 1. The number of carbonyl (C=O) groups excluding carboxylic acids is 1. The third-order valence-corrected chi connectivity index (χ3v) is 6.42. The number of fused-ring (bicyclic) bond motifs is 1. The minimum Gasteiger partial charge on any atom is -0.325 e. The lowest BCUT2D eigenvalue weighted by atomic mass is 10.3. The number of nitro benzene ring substituents is 1. The van der Waals surface area contributed by atoms with Crippen LogP contribution in [0.1, 0.15) is 5.69 Å². The van der Waals surface area contributed by atoms with Gasteiger partial charge in [-0.05, 0) is 24.3 Å². The molecule has 8 nitrogen and oxygen atoms in total. The quantitative estimate of drug-likeness (QED) is 0.270. The third-order valence-electron chi connectivity index (χ3n) is 4.38. The van der Waals surface area contributed by atoms with Crippen molar-refractivity contribution in [2.24, 2.45) is 0 Å². The molecule has 2 aromatic carbocycles. The SMILES string of the molecule is O=C(CSc1nc2c(c(=O)n1-c1ccccc1)SCC2)Nc1ccc([N+](=O)[O-])cc1. The number of aromatic nitrogens is 2. The molecule has 1 N–H and O–H groups in total. The standard InChI is InChI=1S/C20H16N4O4S2/c25-17(21-13-6-8-15(9-7-13)24(27)28)12-30-20-22-16-10-11-29-18(16)19(26)23(20)14-4-2-1-3-5-14/h1-9H,10-12H2,(H,21,25). The van der Waals surface area contributed by atoms with E-state index in [0.717, 1.165) is 17.9 Å². The average Bonchev–Trinajstić information content (AvgIpc) is 3.22. The normalized spacial score (nSPS) is 12.4. The smallest absolute Gasteiger partial charge is 0.272 e. The number of amides is 1. The van der Waals surface area contributed by atoms with Gasteiger partial charge in [-0.1, -0.05) is 30.0 Å². The maximum absolute atomic E-state index is 13.0. The number of para-hydroxylation sites is 1. The van der Waals surface area contributed by atoms with Crippen molar-refractivity contribution >= 4 is 40.8 Å². The first-order valence-corrected chi connectivity index (χ1v) is 11.0. The molecular weight excluding hydrogens is 424 g/mol. The summed E-state index contributed by atoms with van der Waals surface area (Å²) in [7, 11) is 0. The van der Waals surface area contributed by atoms with Crippen LogP contribution in [0.3, 0.4) is 0 Å². The van der Waals surface area contributed by atoms with E-state index in [-0.39, 0.29) is 22.9 Å². The molecular formula is C20H16N4O4S2. The van der Waals surface area contributed by atoms with Crippen molar-refractivity contribution in [2.45, 2.75) is 16.5 Å². The molecule has 0 fully saturated rings. The van der Waals surface area contributed by atoms with Gasteiger partial charge in [0.15, 0.2) is 5.16 Å². The van der Waals surface area contributed by atoms with Gasteiger partial charge >= 0.3 is 0 Å². The molecule has 1 aliphatic rings. The zero-order chi connectivity index (χ0) is 21.1. The fourth-order valence-electron chi connectivity index (χ4n) is 2.99. The first-order chi connectivity index (χ1) is 14.5. The van der Waals surface area contributed by atoms with Gasteiger partial charge in [0.05, 0.1) is 27.0 Å². The monoisotopic (exact) mass is 440 g/mol. The molecule has 0 saturated carbocycles. The van der Waals surface area contributed by atoms with Gasteiger partial charge in [-0.25, -0.2) is 4.98 Å². The Morgan fingerprint density at radius 1 is 1.20 bits per heavy atom. The zero-order valence-electron chi connectivity index (χ0n) is 15.6. The Morgan fingerprint density at radius 2 is 1.93 bits per heavy atom. The molecule has 4 rings (SSSR count). The van der Waals surface area contributed by atoms with Crippen molar-refractivity contribution in [2.75, 3.05) is 16.8 Å². The zero-order valence-corrected chi connectivity index (χ0v) is 17.2. The van der Waals surface area contributed by atoms with Crippen LogP contribution in [0, 0.1) is 10.1 Å². The average molecular weight is 441 g/mol. The Balaban J connectivity index is 1.54. The Kier molecular flexibility index (Phi) is 5.86. The summed E-state index contributed by atoms with van der Waals surface area (Å²) in [5, 5.41) is 13.9. The van der Waals surface area contributed by atoms with E-state index in [4.69, 9.17) is 0 Å². The van der Waals surface area contributed by atoms with Crippen molar-refractivity contribution in [3.05, 3.63) is 80.8 Å². The summed E-state index contributed by atoms with van der Waals surface area (Å²) in [5.41, 5.74) is 1.77. The summed E-state index contributed by atoms with van der Waals surface area (Å²) in [5.74, 6) is 0.570. The summed E-state index contributed by atoms with van der Waals surface area (Å²) in [6.07, 6.45) is 0.730. The van der Waals surface area contributed by atoms with Crippen LogP contribution >= 0.6 is 23.5 Å². The van der Waals surface area contributed by atoms with Crippen molar-refractivity contribution in [1.29, 1.82) is 0 Å². The van der Waals surface area contributed by atoms with Crippen LogP contribution in [0.15, 0.2) is 69.4 Å². The summed E-state index contributed by atoms with van der Waals surface area (Å²) in [4.78, 5) is 41.0. The van der Waals surface area contributed by atoms with E-state index in [9.17, 15) is 19.7 Å². The highest BCUT2D eigenvalue weighted by atomic mass is 32.2. The molecule has 1 aromatic heterocycles. The van der Waals surface area contributed by atoms with Crippen LogP contribution in [-0.4, -0.2) is 31.9 Å². The molecule has 2 heterocycles. The van der Waals surface area contributed by atoms with E-state index in [0.29, 0.717) is 21.4 Å². The summed E-state index contributed by atoms with van der Waals surface area (Å²) >= 11 is 2.69. The molecule has 0 aliphatic carbocycles. The highest BCUT2D eigenvalue weighted by Gasteiger charge is 2.23. The number of anilines is 1. The molecule has 0 spiro atoms. The first-order valence-electron chi connectivity index (χ1n) is 9.04. The van der Waals surface area contributed by atoms with Crippen LogP contribution in [0.2, 0.25) is 0 Å². The number of aryl methyl sites for hydroxylation is 1. The predicted octanol–water partition coefficient (Wildman–Crippen LogP) is 3.52. The van der Waals surface area contributed by atoms with Gasteiger partial charge in [-0.15, -0.1) is 11.8 Å². The lowest BCUT2D eigenvalue weighted by molar-refractivity contribution is -0.384. The summed E-state index contributed by atoms with van der Waals surface area (Å²) in [6.45, 7) is 0. The molecule has 152 valence electrons. The molecule has 0 unspecified atom stereocenters. The van der Waals surface area contributed by atoms with Gasteiger partial charge in [0.1, 0.15) is 0 Å². The van der Waals surface area contributed by atoms with Gasteiger partial charge in [0.25, 0.3) is 11.2 Å². The Hall–Kier alpha value is -3.11. The number of rotatable bonds is 6. The number of hydrogen-bond acceptors (Lipinski definition) is 7. The van der Waals surface area contributed by atoms with Crippen LogP contribution in [0.25, 0.3) is 5.69 Å². The van der Waals surface area contributed by atoms with Crippen LogP contribution < -0.4 is 10.9 Å². The van der Waals surface area contributed by atoms with E-state index < -0.39 is 4.92 Å². The summed E-state index contributed by atoms with van der Waals surface area (Å²) in [6, 6.07) is 14.8. The second-order valence-corrected chi connectivity index (χ2v) is 8.43. The molecule has 1 amide bonds. The lowest BCUT2D eigenvalue weighted by Gasteiger charge is -2.13.